The molecule has 0 unspecified atom stereocenters. The van der Waals surface area contributed by atoms with E-state index in [9.17, 15) is 17.2 Å². The summed E-state index contributed by atoms with van der Waals surface area (Å²) in [7, 11) is -3.17. The van der Waals surface area contributed by atoms with Crippen LogP contribution in [0.5, 0.6) is 0 Å². The first-order valence-corrected chi connectivity index (χ1v) is 7.37. The smallest absolute Gasteiger partial charge is 0.159 e. The molecule has 0 aliphatic rings. The summed E-state index contributed by atoms with van der Waals surface area (Å²) < 4.78 is 47.6. The maximum absolute atomic E-state index is 12.9. The van der Waals surface area contributed by atoms with Crippen molar-refractivity contribution in [2.45, 2.75) is 25.1 Å². The summed E-state index contributed by atoms with van der Waals surface area (Å²) >= 11 is 0. The van der Waals surface area contributed by atoms with Crippen molar-refractivity contribution in [1.82, 2.24) is 5.32 Å². The minimum atomic E-state index is -3.17. The van der Waals surface area contributed by atoms with Crippen molar-refractivity contribution in [3.63, 3.8) is 0 Å². The normalized spacial score (nSPS) is 12.7. The Morgan fingerprint density at radius 2 is 1.83 bits per heavy atom. The molecule has 1 rings (SSSR count). The lowest BCUT2D eigenvalue weighted by molar-refractivity contribution is 0.502. The summed E-state index contributed by atoms with van der Waals surface area (Å²) in [4.78, 5) is 0. The van der Waals surface area contributed by atoms with E-state index in [1.807, 2.05) is 0 Å². The molecule has 0 atom stereocenters. The van der Waals surface area contributed by atoms with E-state index in [1.54, 1.807) is 13.8 Å². The van der Waals surface area contributed by atoms with Gasteiger partial charge in [0.1, 0.15) is 0 Å². The van der Waals surface area contributed by atoms with Crippen LogP contribution in [0.15, 0.2) is 18.2 Å². The standard InChI is InChI=1S/C12H17F2NO2S/c1-12(2,18(3,16)17)8-15-7-9-4-5-10(13)11(14)6-9/h4-6,15H,7-8H2,1-3H3. The van der Waals surface area contributed by atoms with Crippen molar-refractivity contribution < 1.29 is 17.2 Å². The fourth-order valence-corrected chi connectivity index (χ4v) is 1.65. The molecule has 0 saturated heterocycles. The Bertz CT molecular complexity index is 527. The number of benzene rings is 1. The summed E-state index contributed by atoms with van der Waals surface area (Å²) in [5, 5.41) is 2.93. The van der Waals surface area contributed by atoms with Crippen molar-refractivity contribution >= 4 is 9.84 Å². The highest BCUT2D eigenvalue weighted by Crippen LogP contribution is 2.14. The highest BCUT2D eigenvalue weighted by molar-refractivity contribution is 7.92. The Balaban J connectivity index is 2.60. The van der Waals surface area contributed by atoms with Gasteiger partial charge >= 0.3 is 0 Å². The predicted molar refractivity (Wildman–Crippen MR) is 67.0 cm³/mol. The van der Waals surface area contributed by atoms with Crippen LogP contribution in [-0.4, -0.2) is 26.0 Å². The second kappa shape index (κ2) is 5.32. The Morgan fingerprint density at radius 1 is 1.22 bits per heavy atom. The van der Waals surface area contributed by atoms with Crippen molar-refractivity contribution in [3.8, 4) is 0 Å². The van der Waals surface area contributed by atoms with E-state index in [2.05, 4.69) is 5.32 Å². The van der Waals surface area contributed by atoms with E-state index in [1.165, 1.54) is 12.3 Å². The maximum Gasteiger partial charge on any atom is 0.159 e. The lowest BCUT2D eigenvalue weighted by atomic mass is 10.2. The highest BCUT2D eigenvalue weighted by Gasteiger charge is 2.29. The summed E-state index contributed by atoms with van der Waals surface area (Å²) in [5.74, 6) is -1.80. The van der Waals surface area contributed by atoms with Crippen LogP contribution >= 0.6 is 0 Å². The molecule has 18 heavy (non-hydrogen) atoms. The van der Waals surface area contributed by atoms with Gasteiger partial charge in [-0.2, -0.15) is 0 Å². The Morgan fingerprint density at radius 3 is 2.33 bits per heavy atom. The molecule has 0 bridgehead atoms. The van der Waals surface area contributed by atoms with Gasteiger partial charge in [-0.05, 0) is 31.5 Å². The van der Waals surface area contributed by atoms with Gasteiger partial charge in [0, 0.05) is 19.3 Å². The molecule has 0 heterocycles. The van der Waals surface area contributed by atoms with E-state index in [0.29, 0.717) is 5.56 Å². The van der Waals surface area contributed by atoms with E-state index < -0.39 is 26.2 Å². The van der Waals surface area contributed by atoms with Crippen LogP contribution in [0.3, 0.4) is 0 Å². The second-order valence-electron chi connectivity index (χ2n) is 4.88. The van der Waals surface area contributed by atoms with Crippen LogP contribution in [0, 0.1) is 11.6 Å². The lowest BCUT2D eigenvalue weighted by Crippen LogP contribution is -2.41. The summed E-state index contributed by atoms with van der Waals surface area (Å²) in [6.45, 7) is 3.75. The Kier molecular flexibility index (Phi) is 4.45. The third kappa shape index (κ3) is 3.74. The predicted octanol–water partition coefficient (Wildman–Crippen LogP) is 1.88. The van der Waals surface area contributed by atoms with Gasteiger partial charge in [0.2, 0.25) is 0 Å². The highest BCUT2D eigenvalue weighted by atomic mass is 32.2. The average molecular weight is 277 g/mol. The molecule has 1 aromatic rings. The molecule has 1 aromatic carbocycles. The van der Waals surface area contributed by atoms with Gasteiger partial charge < -0.3 is 5.32 Å². The molecule has 102 valence electrons. The average Bonchev–Trinajstić information content (AvgIpc) is 2.21. The zero-order chi connectivity index (χ0) is 14.0. The van der Waals surface area contributed by atoms with Gasteiger partial charge in [0.05, 0.1) is 4.75 Å². The number of sulfone groups is 1. The van der Waals surface area contributed by atoms with Crippen molar-refractivity contribution in [1.29, 1.82) is 0 Å². The number of hydrogen-bond donors (Lipinski definition) is 1. The third-order valence-corrected chi connectivity index (χ3v) is 5.02. The Hall–Kier alpha value is -1.01. The first kappa shape index (κ1) is 15.0. The number of nitrogens with one attached hydrogen (secondary N) is 1. The first-order valence-electron chi connectivity index (χ1n) is 5.48. The molecule has 0 fully saturated rings. The van der Waals surface area contributed by atoms with Gasteiger partial charge in [-0.15, -0.1) is 0 Å². The molecule has 0 spiro atoms. The molecule has 1 N–H and O–H groups in total. The lowest BCUT2D eigenvalue weighted by Gasteiger charge is -2.22. The van der Waals surface area contributed by atoms with E-state index >= 15 is 0 Å². The molecule has 0 radical (unpaired) electrons. The summed E-state index contributed by atoms with van der Waals surface area (Å²) in [5.41, 5.74) is 0.568. The van der Waals surface area contributed by atoms with Gasteiger partial charge in [0.15, 0.2) is 21.5 Å². The van der Waals surface area contributed by atoms with E-state index in [4.69, 9.17) is 0 Å². The van der Waals surface area contributed by atoms with Crippen LogP contribution in [0.2, 0.25) is 0 Å². The fraction of sp³-hybridized carbons (Fsp3) is 0.500. The second-order valence-corrected chi connectivity index (χ2v) is 7.53. The van der Waals surface area contributed by atoms with Crippen LogP contribution in [0.1, 0.15) is 19.4 Å². The van der Waals surface area contributed by atoms with Crippen molar-refractivity contribution in [3.05, 3.63) is 35.4 Å². The molecule has 0 amide bonds. The van der Waals surface area contributed by atoms with E-state index in [-0.39, 0.29) is 13.1 Å². The molecule has 6 heteroatoms. The van der Waals surface area contributed by atoms with Crippen molar-refractivity contribution in [2.75, 3.05) is 12.8 Å². The quantitative estimate of drug-likeness (QED) is 0.894. The summed E-state index contributed by atoms with van der Waals surface area (Å²) in [6, 6.07) is 3.60. The monoisotopic (exact) mass is 277 g/mol. The van der Waals surface area contributed by atoms with Crippen LogP contribution in [0.25, 0.3) is 0 Å². The van der Waals surface area contributed by atoms with Gasteiger partial charge in [-0.3, -0.25) is 0 Å². The van der Waals surface area contributed by atoms with Crippen LogP contribution < -0.4 is 5.32 Å². The molecule has 0 saturated carbocycles. The molecule has 0 aromatic heterocycles. The fourth-order valence-electron chi connectivity index (χ4n) is 1.29. The van der Waals surface area contributed by atoms with Gasteiger partial charge in [0.25, 0.3) is 0 Å². The van der Waals surface area contributed by atoms with Crippen LogP contribution in [-0.2, 0) is 16.4 Å². The van der Waals surface area contributed by atoms with Gasteiger partial charge in [-0.25, -0.2) is 17.2 Å². The van der Waals surface area contributed by atoms with Crippen molar-refractivity contribution in [2.24, 2.45) is 0 Å². The largest absolute Gasteiger partial charge is 0.311 e. The number of hydrogen-bond acceptors (Lipinski definition) is 3. The summed E-state index contributed by atoms with van der Waals surface area (Å²) in [6.07, 6.45) is 1.17. The number of halogens is 2. The minimum absolute atomic E-state index is 0.241. The van der Waals surface area contributed by atoms with Crippen LogP contribution in [0.4, 0.5) is 8.78 Å². The zero-order valence-electron chi connectivity index (χ0n) is 10.6. The SMILES string of the molecule is CC(C)(CNCc1ccc(F)c(F)c1)S(C)(=O)=O. The molecular formula is C12H17F2NO2S. The van der Waals surface area contributed by atoms with E-state index in [0.717, 1.165) is 12.1 Å². The Labute approximate surface area is 106 Å². The van der Waals surface area contributed by atoms with Gasteiger partial charge in [-0.1, -0.05) is 6.07 Å². The molecular weight excluding hydrogens is 260 g/mol. The molecule has 3 nitrogen and oxygen atoms in total. The number of rotatable bonds is 5. The first-order chi connectivity index (χ1) is 8.13. The molecule has 0 aliphatic carbocycles. The topological polar surface area (TPSA) is 46.2 Å². The molecule has 0 aliphatic heterocycles. The maximum atomic E-state index is 12.9. The zero-order valence-corrected chi connectivity index (χ0v) is 11.4. The third-order valence-electron chi connectivity index (χ3n) is 2.87. The minimum Gasteiger partial charge on any atom is -0.311 e.